The first-order chi connectivity index (χ1) is 16.8. The first kappa shape index (κ1) is 30.7. The second-order valence-electron chi connectivity index (χ2n) is 8.82. The fourth-order valence-corrected chi connectivity index (χ4v) is 3.40. The van der Waals surface area contributed by atoms with Gasteiger partial charge in [-0.05, 0) is 36.5 Å². The summed E-state index contributed by atoms with van der Waals surface area (Å²) in [7, 11) is 0. The Kier molecular flexibility index (Phi) is 12.7. The van der Waals surface area contributed by atoms with Crippen molar-refractivity contribution in [2.45, 2.75) is 63.7 Å². The summed E-state index contributed by atoms with van der Waals surface area (Å²) in [6.07, 6.45) is -0.290. The van der Waals surface area contributed by atoms with E-state index in [1.165, 1.54) is 24.3 Å². The molecule has 0 fully saturated rings. The molecule has 4 unspecified atom stereocenters. The largest absolute Gasteiger partial charge is 0.508 e. The Hall–Kier alpha value is -3.32. The van der Waals surface area contributed by atoms with Crippen LogP contribution in [-0.2, 0) is 30.4 Å². The van der Waals surface area contributed by atoms with Crippen molar-refractivity contribution in [1.29, 1.82) is 0 Å². The van der Waals surface area contributed by atoms with Gasteiger partial charge in [-0.1, -0.05) is 26.0 Å². The van der Waals surface area contributed by atoms with Crippen LogP contribution >= 0.6 is 12.6 Å². The number of benzene rings is 1. The Morgan fingerprint density at radius 3 is 1.94 bits per heavy atom. The average Bonchev–Trinajstić information content (AvgIpc) is 2.80. The molecule has 0 spiro atoms. The Morgan fingerprint density at radius 1 is 0.917 bits per heavy atom. The molecule has 12 nitrogen and oxygen atoms in total. The third-order valence-corrected chi connectivity index (χ3v) is 5.57. The minimum atomic E-state index is -1.35. The summed E-state index contributed by atoms with van der Waals surface area (Å²) in [5.41, 5.74) is 11.4. The van der Waals surface area contributed by atoms with Gasteiger partial charge >= 0.3 is 5.97 Å². The maximum Gasteiger partial charge on any atom is 0.326 e. The number of nitrogens with one attached hydrogen (secondary N) is 3. The molecule has 200 valence electrons. The normalized spacial score (nSPS) is 14.2. The fraction of sp³-hybridized carbons (Fsp3) is 0.522. The van der Waals surface area contributed by atoms with Crippen LogP contribution < -0.4 is 27.4 Å². The number of carbonyl (C=O) groups excluding carboxylic acids is 4. The lowest BCUT2D eigenvalue weighted by atomic mass is 10.0. The van der Waals surface area contributed by atoms with Gasteiger partial charge in [-0.3, -0.25) is 19.2 Å². The second-order valence-corrected chi connectivity index (χ2v) is 9.18. The van der Waals surface area contributed by atoms with Gasteiger partial charge in [0, 0.05) is 18.6 Å². The van der Waals surface area contributed by atoms with E-state index in [1.54, 1.807) is 0 Å². The molecular formula is C23H35N5O7S. The zero-order valence-corrected chi connectivity index (χ0v) is 21.2. The van der Waals surface area contributed by atoms with E-state index in [2.05, 4.69) is 28.6 Å². The number of thiol groups is 1. The van der Waals surface area contributed by atoms with Gasteiger partial charge in [-0.2, -0.15) is 12.6 Å². The van der Waals surface area contributed by atoms with E-state index < -0.39 is 53.8 Å². The number of phenols is 1. The summed E-state index contributed by atoms with van der Waals surface area (Å²) >= 11 is 3.97. The second kappa shape index (κ2) is 14.9. The lowest BCUT2D eigenvalue weighted by molar-refractivity contribution is -0.142. The quantitative estimate of drug-likeness (QED) is 0.133. The molecule has 36 heavy (non-hydrogen) atoms. The molecule has 0 saturated carbocycles. The molecule has 0 saturated heterocycles. The first-order valence-corrected chi connectivity index (χ1v) is 12.0. The minimum absolute atomic E-state index is 0.00209. The van der Waals surface area contributed by atoms with Crippen LogP contribution in [-0.4, -0.2) is 69.7 Å². The highest BCUT2D eigenvalue weighted by atomic mass is 32.1. The average molecular weight is 526 g/mol. The highest BCUT2D eigenvalue weighted by molar-refractivity contribution is 7.80. The summed E-state index contributed by atoms with van der Waals surface area (Å²) in [4.78, 5) is 61.3. The minimum Gasteiger partial charge on any atom is -0.508 e. The van der Waals surface area contributed by atoms with Crippen molar-refractivity contribution in [1.82, 2.24) is 16.0 Å². The van der Waals surface area contributed by atoms with E-state index in [0.717, 1.165) is 0 Å². The summed E-state index contributed by atoms with van der Waals surface area (Å²) in [5.74, 6) is -4.10. The van der Waals surface area contributed by atoms with Gasteiger partial charge in [-0.15, -0.1) is 0 Å². The van der Waals surface area contributed by atoms with Crippen molar-refractivity contribution < 1.29 is 34.2 Å². The van der Waals surface area contributed by atoms with Gasteiger partial charge in [0.25, 0.3) is 0 Å². The predicted molar refractivity (Wildman–Crippen MR) is 135 cm³/mol. The Bertz CT molecular complexity index is 926. The molecule has 4 atom stereocenters. The van der Waals surface area contributed by atoms with Crippen molar-refractivity contribution in [2.75, 3.05) is 5.75 Å². The standard InChI is InChI=1S/C23H35N5O7S/c1-12(2)9-17(27-20(31)15(24)11-36)22(33)26-16(7-8-19(25)30)21(32)28-18(23(34)35)10-13-3-5-14(29)6-4-13/h3-6,12,15-18,29,36H,7-11,24H2,1-2H3,(H2,25,30)(H,26,33)(H,27,31)(H,28,32)(H,34,35). The van der Waals surface area contributed by atoms with Crippen LogP contribution in [0.25, 0.3) is 0 Å². The number of carbonyl (C=O) groups is 5. The zero-order chi connectivity index (χ0) is 27.4. The molecule has 4 amide bonds. The first-order valence-electron chi connectivity index (χ1n) is 11.4. The monoisotopic (exact) mass is 525 g/mol. The Morgan fingerprint density at radius 2 is 1.44 bits per heavy atom. The SMILES string of the molecule is CC(C)CC(NC(=O)C(N)CS)C(=O)NC(CCC(N)=O)C(=O)NC(Cc1ccc(O)cc1)C(=O)O. The molecule has 0 bridgehead atoms. The highest BCUT2D eigenvalue weighted by Crippen LogP contribution is 2.12. The Labute approximate surface area is 215 Å². The van der Waals surface area contributed by atoms with Crippen molar-refractivity contribution in [3.63, 3.8) is 0 Å². The molecule has 1 rings (SSSR count). The number of phenolic OH excluding ortho intramolecular Hbond substituents is 1. The van der Waals surface area contributed by atoms with Crippen LogP contribution in [0.3, 0.4) is 0 Å². The number of hydrogen-bond donors (Lipinski definition) is 8. The van der Waals surface area contributed by atoms with Crippen LogP contribution in [0.4, 0.5) is 0 Å². The van der Waals surface area contributed by atoms with E-state index in [-0.39, 0.29) is 43.1 Å². The summed E-state index contributed by atoms with van der Waals surface area (Å²) in [6, 6.07) is 1.17. The van der Waals surface area contributed by atoms with Gasteiger partial charge < -0.3 is 37.6 Å². The van der Waals surface area contributed by atoms with Gasteiger partial charge in [0.2, 0.25) is 23.6 Å². The molecule has 0 aliphatic carbocycles. The van der Waals surface area contributed by atoms with E-state index in [9.17, 15) is 34.2 Å². The van der Waals surface area contributed by atoms with Crippen LogP contribution in [0.1, 0.15) is 38.7 Å². The van der Waals surface area contributed by atoms with Crippen LogP contribution in [0, 0.1) is 5.92 Å². The van der Waals surface area contributed by atoms with Gasteiger partial charge in [0.05, 0.1) is 6.04 Å². The maximum atomic E-state index is 13.0. The highest BCUT2D eigenvalue weighted by Gasteiger charge is 2.30. The summed E-state index contributed by atoms with van der Waals surface area (Å²) < 4.78 is 0. The molecule has 0 aliphatic heterocycles. The molecule has 9 N–H and O–H groups in total. The molecule has 1 aromatic rings. The van der Waals surface area contributed by atoms with E-state index >= 15 is 0 Å². The molecule has 0 heterocycles. The topological polar surface area (TPSA) is 214 Å². The Balaban J connectivity index is 3.04. The van der Waals surface area contributed by atoms with Crippen molar-refractivity contribution in [3.8, 4) is 5.75 Å². The van der Waals surface area contributed by atoms with Gasteiger partial charge in [0.15, 0.2) is 0 Å². The number of rotatable bonds is 15. The fourth-order valence-electron chi connectivity index (χ4n) is 3.23. The van der Waals surface area contributed by atoms with E-state index in [1.807, 2.05) is 13.8 Å². The van der Waals surface area contributed by atoms with Crippen LogP contribution in [0.15, 0.2) is 24.3 Å². The van der Waals surface area contributed by atoms with E-state index in [4.69, 9.17) is 11.5 Å². The lowest BCUT2D eigenvalue weighted by Crippen LogP contribution is -2.57. The lowest BCUT2D eigenvalue weighted by Gasteiger charge is -2.26. The van der Waals surface area contributed by atoms with Crippen LogP contribution in [0.2, 0.25) is 0 Å². The molecule has 0 radical (unpaired) electrons. The summed E-state index contributed by atoms with van der Waals surface area (Å²) in [6.45, 7) is 3.67. The van der Waals surface area contributed by atoms with Gasteiger partial charge in [-0.25, -0.2) is 4.79 Å². The van der Waals surface area contributed by atoms with Gasteiger partial charge in [0.1, 0.15) is 23.9 Å². The number of carboxylic acids is 1. The van der Waals surface area contributed by atoms with Crippen LogP contribution in [0.5, 0.6) is 5.75 Å². The summed E-state index contributed by atoms with van der Waals surface area (Å²) in [5, 5.41) is 26.4. The zero-order valence-electron chi connectivity index (χ0n) is 20.3. The van der Waals surface area contributed by atoms with Crippen molar-refractivity contribution in [2.24, 2.45) is 17.4 Å². The number of primary amides is 1. The molecule has 13 heteroatoms. The third-order valence-electron chi connectivity index (χ3n) is 5.18. The smallest absolute Gasteiger partial charge is 0.326 e. The molecular weight excluding hydrogens is 490 g/mol. The molecule has 0 aromatic heterocycles. The third kappa shape index (κ3) is 11.0. The van der Waals surface area contributed by atoms with Crippen molar-refractivity contribution in [3.05, 3.63) is 29.8 Å². The number of aromatic hydroxyl groups is 1. The molecule has 1 aromatic carbocycles. The number of amides is 4. The number of carboxylic acid groups (broad SMARTS) is 1. The number of aliphatic carboxylic acids is 1. The maximum absolute atomic E-state index is 13.0. The number of nitrogens with two attached hydrogens (primary N) is 2. The predicted octanol–water partition coefficient (Wildman–Crippen LogP) is -0.958. The number of hydrogen-bond acceptors (Lipinski definition) is 8. The van der Waals surface area contributed by atoms with E-state index in [0.29, 0.717) is 5.56 Å². The molecule has 0 aliphatic rings. The van der Waals surface area contributed by atoms with Crippen molar-refractivity contribution >= 4 is 42.2 Å².